The Labute approximate surface area is 115 Å². The van der Waals surface area contributed by atoms with Gasteiger partial charge in [-0.05, 0) is 31.2 Å². The summed E-state index contributed by atoms with van der Waals surface area (Å²) in [6.45, 7) is 6.52. The van der Waals surface area contributed by atoms with Gasteiger partial charge in [-0.1, -0.05) is 35.9 Å². The minimum atomic E-state index is 1.10. The summed E-state index contributed by atoms with van der Waals surface area (Å²) in [5, 5.41) is 0. The first-order valence-corrected chi connectivity index (χ1v) is 6.94. The van der Waals surface area contributed by atoms with Gasteiger partial charge in [0.05, 0.1) is 0 Å². The summed E-state index contributed by atoms with van der Waals surface area (Å²) in [5.41, 5.74) is 4.01. The summed E-state index contributed by atoms with van der Waals surface area (Å²) in [6.07, 6.45) is 0. The predicted molar refractivity (Wildman–Crippen MR) is 82.0 cm³/mol. The van der Waals surface area contributed by atoms with Gasteiger partial charge in [0.15, 0.2) is 0 Å². The van der Waals surface area contributed by atoms with Crippen LogP contribution in [0.25, 0.3) is 0 Å². The van der Waals surface area contributed by atoms with E-state index in [9.17, 15) is 0 Å². The molecule has 0 aromatic heterocycles. The summed E-state index contributed by atoms with van der Waals surface area (Å²) in [5.74, 6) is 0. The van der Waals surface area contributed by atoms with Crippen molar-refractivity contribution in [2.45, 2.75) is 6.92 Å². The Kier molecular flexibility index (Phi) is 3.41. The van der Waals surface area contributed by atoms with Gasteiger partial charge in [-0.15, -0.1) is 0 Å². The van der Waals surface area contributed by atoms with Crippen molar-refractivity contribution in [1.29, 1.82) is 0 Å². The Bertz CT molecular complexity index is 511. The molecule has 0 unspecified atom stereocenters. The number of hydrogen-bond donors (Lipinski definition) is 0. The predicted octanol–water partition coefficient (Wildman–Crippen LogP) is 3.32. The van der Waals surface area contributed by atoms with E-state index >= 15 is 0 Å². The van der Waals surface area contributed by atoms with Crippen molar-refractivity contribution in [2.75, 3.05) is 36.0 Å². The van der Waals surface area contributed by atoms with Crippen LogP contribution in [0.2, 0.25) is 0 Å². The lowest BCUT2D eigenvalue weighted by atomic mass is 10.2. The fourth-order valence-electron chi connectivity index (χ4n) is 2.62. The first kappa shape index (κ1) is 12.1. The third-order valence-corrected chi connectivity index (χ3v) is 3.80. The van der Waals surface area contributed by atoms with Crippen molar-refractivity contribution < 1.29 is 0 Å². The zero-order valence-electron chi connectivity index (χ0n) is 11.4. The normalized spacial score (nSPS) is 15.6. The van der Waals surface area contributed by atoms with E-state index in [-0.39, 0.29) is 0 Å². The number of piperazine rings is 1. The van der Waals surface area contributed by atoms with Crippen LogP contribution in [-0.2, 0) is 0 Å². The van der Waals surface area contributed by atoms with E-state index in [1.165, 1.54) is 16.9 Å². The number of nitrogens with zero attached hydrogens (tertiary/aromatic N) is 2. The van der Waals surface area contributed by atoms with Gasteiger partial charge in [-0.25, -0.2) is 0 Å². The maximum absolute atomic E-state index is 2.47. The molecule has 98 valence electrons. The first-order valence-electron chi connectivity index (χ1n) is 6.94. The molecule has 1 saturated heterocycles. The van der Waals surface area contributed by atoms with Crippen molar-refractivity contribution in [3.63, 3.8) is 0 Å². The second-order valence-electron chi connectivity index (χ2n) is 5.15. The largest absolute Gasteiger partial charge is 0.368 e. The molecule has 2 aromatic carbocycles. The molecule has 3 rings (SSSR count). The van der Waals surface area contributed by atoms with Crippen LogP contribution >= 0.6 is 0 Å². The molecule has 1 aliphatic rings. The molecule has 2 heteroatoms. The Balaban J connectivity index is 1.65. The molecule has 1 fully saturated rings. The molecule has 2 nitrogen and oxygen atoms in total. The zero-order chi connectivity index (χ0) is 13.1. The van der Waals surface area contributed by atoms with E-state index in [0.717, 1.165) is 26.2 Å². The number of aryl methyl sites for hydroxylation is 1. The smallest absolute Gasteiger partial charge is 0.0367 e. The second-order valence-corrected chi connectivity index (χ2v) is 5.15. The van der Waals surface area contributed by atoms with Crippen molar-refractivity contribution >= 4 is 11.4 Å². The van der Waals surface area contributed by atoms with Crippen molar-refractivity contribution in [3.8, 4) is 0 Å². The van der Waals surface area contributed by atoms with E-state index < -0.39 is 0 Å². The number of para-hydroxylation sites is 1. The summed E-state index contributed by atoms with van der Waals surface area (Å²) in [4.78, 5) is 4.93. The molecule has 2 aromatic rings. The minimum absolute atomic E-state index is 1.10. The van der Waals surface area contributed by atoms with Gasteiger partial charge in [0.2, 0.25) is 0 Å². The van der Waals surface area contributed by atoms with Crippen LogP contribution in [0.5, 0.6) is 0 Å². The Morgan fingerprint density at radius 2 is 1.11 bits per heavy atom. The van der Waals surface area contributed by atoms with E-state index in [4.69, 9.17) is 0 Å². The molecular formula is C17H20N2. The van der Waals surface area contributed by atoms with E-state index in [0.29, 0.717) is 0 Å². The van der Waals surface area contributed by atoms with E-state index in [2.05, 4.69) is 71.3 Å². The van der Waals surface area contributed by atoms with Crippen LogP contribution in [0.15, 0.2) is 54.6 Å². The number of rotatable bonds is 2. The van der Waals surface area contributed by atoms with Gasteiger partial charge < -0.3 is 9.80 Å². The molecule has 0 bridgehead atoms. The maximum Gasteiger partial charge on any atom is 0.0367 e. The summed E-state index contributed by atoms with van der Waals surface area (Å²) in [7, 11) is 0. The van der Waals surface area contributed by atoms with Gasteiger partial charge in [0, 0.05) is 37.6 Å². The van der Waals surface area contributed by atoms with Crippen LogP contribution in [0.4, 0.5) is 11.4 Å². The highest BCUT2D eigenvalue weighted by Gasteiger charge is 2.16. The second kappa shape index (κ2) is 5.35. The third-order valence-electron chi connectivity index (χ3n) is 3.80. The fourth-order valence-corrected chi connectivity index (χ4v) is 2.62. The lowest BCUT2D eigenvalue weighted by Gasteiger charge is -2.37. The van der Waals surface area contributed by atoms with Gasteiger partial charge >= 0.3 is 0 Å². The van der Waals surface area contributed by atoms with Gasteiger partial charge in [0.1, 0.15) is 0 Å². The Morgan fingerprint density at radius 3 is 1.63 bits per heavy atom. The van der Waals surface area contributed by atoms with Crippen LogP contribution in [0.1, 0.15) is 5.56 Å². The highest BCUT2D eigenvalue weighted by Crippen LogP contribution is 2.20. The zero-order valence-corrected chi connectivity index (χ0v) is 11.4. The number of benzene rings is 2. The van der Waals surface area contributed by atoms with Crippen molar-refractivity contribution in [1.82, 2.24) is 0 Å². The molecule has 0 amide bonds. The minimum Gasteiger partial charge on any atom is -0.368 e. The van der Waals surface area contributed by atoms with Crippen molar-refractivity contribution in [3.05, 3.63) is 60.2 Å². The maximum atomic E-state index is 2.47. The molecule has 19 heavy (non-hydrogen) atoms. The summed E-state index contributed by atoms with van der Waals surface area (Å²) < 4.78 is 0. The molecule has 0 aliphatic carbocycles. The quantitative estimate of drug-likeness (QED) is 0.809. The summed E-state index contributed by atoms with van der Waals surface area (Å²) >= 11 is 0. The molecule has 0 N–H and O–H groups in total. The molecule has 0 spiro atoms. The van der Waals surface area contributed by atoms with Crippen LogP contribution < -0.4 is 9.80 Å². The van der Waals surface area contributed by atoms with Gasteiger partial charge in [0.25, 0.3) is 0 Å². The van der Waals surface area contributed by atoms with Crippen molar-refractivity contribution in [2.24, 2.45) is 0 Å². The average Bonchev–Trinajstić information content (AvgIpc) is 2.49. The van der Waals surface area contributed by atoms with Crippen LogP contribution in [-0.4, -0.2) is 26.2 Å². The Hall–Kier alpha value is -1.96. The monoisotopic (exact) mass is 252 g/mol. The van der Waals surface area contributed by atoms with E-state index in [1.807, 2.05) is 0 Å². The van der Waals surface area contributed by atoms with E-state index in [1.54, 1.807) is 0 Å². The number of anilines is 2. The molecule has 1 heterocycles. The third kappa shape index (κ3) is 2.73. The summed E-state index contributed by atoms with van der Waals surface area (Å²) in [6, 6.07) is 19.5. The molecule has 0 saturated carbocycles. The highest BCUT2D eigenvalue weighted by atomic mass is 15.3. The van der Waals surface area contributed by atoms with Gasteiger partial charge in [-0.2, -0.15) is 0 Å². The lowest BCUT2D eigenvalue weighted by molar-refractivity contribution is 0.653. The molecular weight excluding hydrogens is 232 g/mol. The number of hydrogen-bond acceptors (Lipinski definition) is 2. The Morgan fingerprint density at radius 1 is 0.632 bits per heavy atom. The lowest BCUT2D eigenvalue weighted by Crippen LogP contribution is -2.46. The van der Waals surface area contributed by atoms with Gasteiger partial charge in [-0.3, -0.25) is 0 Å². The fraction of sp³-hybridized carbons (Fsp3) is 0.294. The van der Waals surface area contributed by atoms with Crippen LogP contribution in [0.3, 0.4) is 0 Å². The topological polar surface area (TPSA) is 6.48 Å². The SMILES string of the molecule is Cc1ccc(N2CCN(c3ccccc3)CC2)cc1. The molecule has 1 aliphatic heterocycles. The molecule has 0 radical (unpaired) electrons. The average molecular weight is 252 g/mol. The standard InChI is InChI=1S/C17H20N2/c1-15-7-9-17(10-8-15)19-13-11-18(12-14-19)16-5-3-2-4-6-16/h2-10H,11-14H2,1H3. The highest BCUT2D eigenvalue weighted by molar-refractivity contribution is 5.52. The molecule has 0 atom stereocenters. The van der Waals surface area contributed by atoms with Crippen LogP contribution in [0, 0.1) is 6.92 Å². The first-order chi connectivity index (χ1) is 9.33.